The van der Waals surface area contributed by atoms with Crippen molar-refractivity contribution in [1.29, 1.82) is 0 Å². The fourth-order valence-corrected chi connectivity index (χ4v) is 7.75. The summed E-state index contributed by atoms with van der Waals surface area (Å²) in [5, 5.41) is 6.05. The molecule has 4 nitrogen and oxygen atoms in total. The molecule has 251 valence electrons. The summed E-state index contributed by atoms with van der Waals surface area (Å²) in [6, 6.07) is 44.3. The van der Waals surface area contributed by atoms with Gasteiger partial charge in [0, 0.05) is 43.6 Å². The number of rotatable bonds is 5. The van der Waals surface area contributed by atoms with E-state index in [4.69, 9.17) is 9.40 Å². The predicted octanol–water partition coefficient (Wildman–Crippen LogP) is 11.2. The number of aromatic nitrogens is 3. The van der Waals surface area contributed by atoms with Crippen LogP contribution < -0.4 is 5.19 Å². The number of pyridine rings is 3. The average molecular weight is 846 g/mol. The molecule has 0 aliphatic rings. The first-order valence-corrected chi connectivity index (χ1v) is 20.3. The van der Waals surface area contributed by atoms with Crippen LogP contribution in [0.25, 0.3) is 66.5 Å². The van der Waals surface area contributed by atoms with Crippen molar-refractivity contribution in [3.63, 3.8) is 0 Å². The normalized spacial score (nSPS) is 11.4. The summed E-state index contributed by atoms with van der Waals surface area (Å²) in [7, 11) is -1.54. The Morgan fingerprint density at radius 2 is 1.50 bits per heavy atom. The minimum absolute atomic E-state index is 0. The van der Waals surface area contributed by atoms with Gasteiger partial charge in [-0.25, -0.2) is 4.98 Å². The van der Waals surface area contributed by atoms with Gasteiger partial charge in [-0.3, -0.25) is 0 Å². The van der Waals surface area contributed by atoms with Crippen LogP contribution in [0.2, 0.25) is 19.6 Å². The number of aryl methyl sites for hydroxylation is 1. The van der Waals surface area contributed by atoms with E-state index in [2.05, 4.69) is 135 Å². The number of fused-ring (bicyclic) bond motifs is 4. The van der Waals surface area contributed by atoms with Gasteiger partial charge in [-0.2, -0.15) is 0 Å². The molecule has 4 aromatic carbocycles. The second kappa shape index (κ2) is 14.6. The van der Waals surface area contributed by atoms with E-state index in [9.17, 15) is 0 Å². The Hall–Kier alpha value is -4.74. The zero-order valence-electron chi connectivity index (χ0n) is 29.2. The Bertz CT molecular complexity index is 2420. The Morgan fingerprint density at radius 3 is 2.28 bits per heavy atom. The van der Waals surface area contributed by atoms with Crippen LogP contribution in [-0.2, 0) is 20.1 Å². The van der Waals surface area contributed by atoms with Gasteiger partial charge in [0.1, 0.15) is 0 Å². The van der Waals surface area contributed by atoms with Crippen molar-refractivity contribution in [1.82, 2.24) is 15.0 Å². The third-order valence-corrected chi connectivity index (χ3v) is 10.9. The molecule has 0 aliphatic carbocycles. The maximum atomic E-state index is 6.04. The van der Waals surface area contributed by atoms with Crippen LogP contribution in [0.4, 0.5) is 0 Å². The van der Waals surface area contributed by atoms with E-state index in [1.807, 2.05) is 49.5 Å². The summed E-state index contributed by atoms with van der Waals surface area (Å²) in [6.07, 6.45) is 3.95. The molecule has 8 aromatic rings. The monoisotopic (exact) mass is 846 g/mol. The molecular weight excluding hydrogens is 807 g/mol. The number of hydrogen-bond donors (Lipinski definition) is 0. The molecule has 4 aromatic heterocycles. The van der Waals surface area contributed by atoms with E-state index < -0.39 is 8.07 Å². The minimum atomic E-state index is -1.54. The van der Waals surface area contributed by atoms with Gasteiger partial charge in [0.2, 0.25) is 5.71 Å². The van der Waals surface area contributed by atoms with Crippen molar-refractivity contribution in [2.45, 2.75) is 46.3 Å². The fourth-order valence-electron chi connectivity index (χ4n) is 6.28. The predicted molar refractivity (Wildman–Crippen MR) is 207 cm³/mol. The molecule has 0 aliphatic heterocycles. The molecule has 0 saturated heterocycles. The van der Waals surface area contributed by atoms with Gasteiger partial charge < -0.3 is 14.4 Å². The number of benzene rings is 4. The molecule has 0 bridgehead atoms. The van der Waals surface area contributed by atoms with Crippen LogP contribution in [0, 0.1) is 19.1 Å². The molecular formula is C44H39IrN3OSi-2. The van der Waals surface area contributed by atoms with Gasteiger partial charge in [-0.1, -0.05) is 105 Å². The van der Waals surface area contributed by atoms with Gasteiger partial charge in [0.05, 0.1) is 13.7 Å². The SMILES string of the molecule is C[Si](C)(C)c1cnc(-c2[c-]cccc2)cc1-c1cccc2ccccc12.Cc1ccc2c(n1)oc1c(-c3cc(C(C)C)ccn3)[c-]ccc12.[Ir]. The number of hydrogen-bond acceptors (Lipinski definition) is 4. The van der Waals surface area contributed by atoms with Gasteiger partial charge in [-0.15, -0.1) is 54.1 Å². The molecule has 0 spiro atoms. The number of furan rings is 1. The first-order chi connectivity index (χ1) is 23.7. The van der Waals surface area contributed by atoms with Gasteiger partial charge in [0.25, 0.3) is 0 Å². The maximum absolute atomic E-state index is 6.04. The van der Waals surface area contributed by atoms with Crippen molar-refractivity contribution >= 4 is 46.1 Å². The third kappa shape index (κ3) is 7.11. The molecule has 50 heavy (non-hydrogen) atoms. The zero-order chi connectivity index (χ0) is 34.1. The first-order valence-electron chi connectivity index (χ1n) is 16.8. The van der Waals surface area contributed by atoms with E-state index in [1.54, 1.807) is 0 Å². The molecule has 1 radical (unpaired) electrons. The molecule has 0 atom stereocenters. The summed E-state index contributed by atoms with van der Waals surface area (Å²) in [6.45, 7) is 13.5. The van der Waals surface area contributed by atoms with Crippen molar-refractivity contribution < 1.29 is 24.5 Å². The Kier molecular flexibility index (Phi) is 10.3. The zero-order valence-corrected chi connectivity index (χ0v) is 32.6. The molecule has 0 amide bonds. The molecule has 6 heteroatoms. The molecule has 8 rings (SSSR count). The van der Waals surface area contributed by atoms with Crippen LogP contribution in [0.15, 0.2) is 126 Å². The van der Waals surface area contributed by atoms with Gasteiger partial charge in [0.15, 0.2) is 0 Å². The van der Waals surface area contributed by atoms with Crippen molar-refractivity contribution in [3.05, 3.63) is 145 Å². The Labute approximate surface area is 309 Å². The average Bonchev–Trinajstić information content (AvgIpc) is 3.49. The quantitative estimate of drug-likeness (QED) is 0.128. The molecule has 0 saturated carbocycles. The van der Waals surface area contributed by atoms with Crippen molar-refractivity contribution in [2.75, 3.05) is 0 Å². The molecule has 4 heterocycles. The standard InChI is InChI=1S/C24H22NSi.C20H17N2O.Ir/c1-26(2,3)24-17-25-23(19-11-5-4-6-12-19)16-22(24)21-15-9-13-18-10-7-8-14-20(18)21;1-12(2)14-9-10-21-18(11-14)17-6-4-5-15-16-8-7-13(3)22-20(16)23-19(15)17;/h4-11,13-17H,1-3H3;4-5,7-12H,1-3H3;/q2*-1;. The van der Waals surface area contributed by atoms with Gasteiger partial charge >= 0.3 is 0 Å². The number of nitrogens with zero attached hydrogens (tertiary/aromatic N) is 3. The van der Waals surface area contributed by atoms with Crippen LogP contribution in [0.3, 0.4) is 0 Å². The van der Waals surface area contributed by atoms with E-state index in [-0.39, 0.29) is 20.1 Å². The Balaban J connectivity index is 0.000000171. The molecule has 0 unspecified atom stereocenters. The third-order valence-electron chi connectivity index (χ3n) is 8.92. The summed E-state index contributed by atoms with van der Waals surface area (Å²) < 4.78 is 6.04. The fraction of sp³-hybridized carbons (Fsp3) is 0.159. The summed E-state index contributed by atoms with van der Waals surface area (Å²) in [5.41, 5.74) is 10.1. The Morgan fingerprint density at radius 1 is 0.700 bits per heavy atom. The van der Waals surface area contributed by atoms with Crippen LogP contribution in [0.1, 0.15) is 31.0 Å². The van der Waals surface area contributed by atoms with Crippen LogP contribution >= 0.6 is 0 Å². The minimum Gasteiger partial charge on any atom is -0.486 e. The maximum Gasteiger partial charge on any atom is 0.216 e. The summed E-state index contributed by atoms with van der Waals surface area (Å²) in [5.74, 6) is 0.455. The van der Waals surface area contributed by atoms with E-state index in [0.717, 1.165) is 44.6 Å². The van der Waals surface area contributed by atoms with Crippen LogP contribution in [-0.4, -0.2) is 23.0 Å². The second-order valence-corrected chi connectivity index (χ2v) is 18.8. The van der Waals surface area contributed by atoms with Crippen molar-refractivity contribution in [3.8, 4) is 33.6 Å². The van der Waals surface area contributed by atoms with E-state index in [0.29, 0.717) is 11.6 Å². The van der Waals surface area contributed by atoms with E-state index in [1.165, 1.54) is 32.6 Å². The topological polar surface area (TPSA) is 51.8 Å². The molecule has 0 fully saturated rings. The largest absolute Gasteiger partial charge is 0.486 e. The van der Waals surface area contributed by atoms with Gasteiger partial charge in [-0.05, 0) is 69.5 Å². The first kappa shape index (κ1) is 35.1. The second-order valence-electron chi connectivity index (χ2n) is 13.8. The smallest absolute Gasteiger partial charge is 0.216 e. The van der Waals surface area contributed by atoms with Crippen molar-refractivity contribution in [2.24, 2.45) is 0 Å². The summed E-state index contributed by atoms with van der Waals surface area (Å²) >= 11 is 0. The molecule has 0 N–H and O–H groups in total. The van der Waals surface area contributed by atoms with Crippen LogP contribution in [0.5, 0.6) is 0 Å². The van der Waals surface area contributed by atoms with E-state index >= 15 is 0 Å². The summed E-state index contributed by atoms with van der Waals surface area (Å²) in [4.78, 5) is 13.8.